The Labute approximate surface area is 253 Å². The molecule has 0 spiro atoms. The predicted octanol–water partition coefficient (Wildman–Crippen LogP) is 7.20. The Kier molecular flexibility index (Phi) is 7.24. The molecule has 4 amide bonds. The minimum atomic E-state index is -0.455. The number of hydrogen-bond acceptors (Lipinski definition) is 6. The summed E-state index contributed by atoms with van der Waals surface area (Å²) in [5.74, 6) is 0.0520. The third-order valence-electron chi connectivity index (χ3n) is 7.36. The zero-order chi connectivity index (χ0) is 31.0. The molecular formula is C36H26N2O6. The van der Waals surface area contributed by atoms with E-state index in [1.807, 2.05) is 31.2 Å². The molecule has 216 valence electrons. The van der Waals surface area contributed by atoms with Crippen LogP contribution in [0, 0.1) is 0 Å². The minimum Gasteiger partial charge on any atom is -0.465 e. The van der Waals surface area contributed by atoms with Gasteiger partial charge in [-0.3, -0.25) is 24.1 Å². The smallest absolute Gasteiger partial charge is 0.266 e. The Morgan fingerprint density at radius 2 is 1.27 bits per heavy atom. The normalized spacial score (nSPS) is 14.4. The predicted molar refractivity (Wildman–Crippen MR) is 166 cm³/mol. The van der Waals surface area contributed by atoms with Gasteiger partial charge in [0.25, 0.3) is 23.6 Å². The summed E-state index contributed by atoms with van der Waals surface area (Å²) in [6.45, 7) is 5.61. The van der Waals surface area contributed by atoms with E-state index in [2.05, 4.69) is 6.58 Å². The number of rotatable bonds is 8. The lowest BCUT2D eigenvalue weighted by molar-refractivity contribution is 0.0692. The van der Waals surface area contributed by atoms with Crippen molar-refractivity contribution in [3.8, 4) is 28.4 Å². The number of anilines is 1. The van der Waals surface area contributed by atoms with Crippen molar-refractivity contribution in [1.29, 1.82) is 0 Å². The molecule has 0 radical (unpaired) electrons. The van der Waals surface area contributed by atoms with E-state index in [0.717, 1.165) is 15.4 Å². The fourth-order valence-corrected chi connectivity index (χ4v) is 5.07. The molecule has 8 heteroatoms. The van der Waals surface area contributed by atoms with Gasteiger partial charge in [0.05, 0.1) is 34.2 Å². The average molecular weight is 583 g/mol. The molecule has 0 aromatic heterocycles. The molecule has 0 bridgehead atoms. The molecule has 4 aromatic rings. The van der Waals surface area contributed by atoms with Gasteiger partial charge in [0.15, 0.2) is 0 Å². The molecule has 0 saturated heterocycles. The Hall–Kier alpha value is -6.02. The zero-order valence-corrected chi connectivity index (χ0v) is 23.9. The molecule has 4 aromatic carbocycles. The van der Waals surface area contributed by atoms with Gasteiger partial charge in [0.1, 0.15) is 17.2 Å². The maximum Gasteiger partial charge on any atom is 0.266 e. The van der Waals surface area contributed by atoms with E-state index in [1.54, 1.807) is 85.1 Å². The highest BCUT2D eigenvalue weighted by molar-refractivity contribution is 6.34. The van der Waals surface area contributed by atoms with Crippen molar-refractivity contribution in [3.63, 3.8) is 0 Å². The SMILES string of the molecule is C=C/C=C(C)\C=C/Oc1cccc(Oc2ccc(N3C(=O)c4ccc(-c5ccc6c(c5)C(=O)N(C)C6=O)cc4C3=O)cc2)c1. The molecule has 0 atom stereocenters. The molecule has 8 nitrogen and oxygen atoms in total. The van der Waals surface area contributed by atoms with Gasteiger partial charge in [-0.2, -0.15) is 0 Å². The molecule has 0 aliphatic carbocycles. The van der Waals surface area contributed by atoms with Gasteiger partial charge in [-0.25, -0.2) is 4.90 Å². The second kappa shape index (κ2) is 11.3. The largest absolute Gasteiger partial charge is 0.465 e. The van der Waals surface area contributed by atoms with E-state index in [0.29, 0.717) is 45.2 Å². The first-order valence-corrected chi connectivity index (χ1v) is 13.8. The van der Waals surface area contributed by atoms with Crippen LogP contribution >= 0.6 is 0 Å². The van der Waals surface area contributed by atoms with E-state index in [4.69, 9.17) is 9.47 Å². The molecule has 2 aliphatic heterocycles. The van der Waals surface area contributed by atoms with Crippen LogP contribution in [-0.2, 0) is 0 Å². The van der Waals surface area contributed by atoms with Gasteiger partial charge < -0.3 is 9.47 Å². The number of imide groups is 2. The van der Waals surface area contributed by atoms with Gasteiger partial charge in [0, 0.05) is 13.1 Å². The second-order valence-electron chi connectivity index (χ2n) is 10.3. The van der Waals surface area contributed by atoms with E-state index < -0.39 is 11.8 Å². The topological polar surface area (TPSA) is 93.2 Å². The fourth-order valence-electron chi connectivity index (χ4n) is 5.07. The summed E-state index contributed by atoms with van der Waals surface area (Å²) in [7, 11) is 1.44. The van der Waals surface area contributed by atoms with E-state index in [1.165, 1.54) is 7.05 Å². The van der Waals surface area contributed by atoms with E-state index in [-0.39, 0.29) is 22.9 Å². The molecule has 6 rings (SSSR count). The highest BCUT2D eigenvalue weighted by Crippen LogP contribution is 2.35. The number of carbonyl (C=O) groups is 4. The molecule has 44 heavy (non-hydrogen) atoms. The van der Waals surface area contributed by atoms with Crippen molar-refractivity contribution in [2.24, 2.45) is 0 Å². The summed E-state index contributed by atoms with van der Waals surface area (Å²) in [6.07, 6.45) is 6.98. The number of benzene rings is 4. The van der Waals surface area contributed by atoms with Crippen molar-refractivity contribution in [3.05, 3.63) is 144 Å². The molecule has 0 fully saturated rings. The summed E-state index contributed by atoms with van der Waals surface area (Å²) in [4.78, 5) is 53.6. The Bertz CT molecular complexity index is 1940. The van der Waals surface area contributed by atoms with Crippen molar-refractivity contribution >= 4 is 29.3 Å². The van der Waals surface area contributed by atoms with Gasteiger partial charge in [-0.15, -0.1) is 0 Å². The molecule has 0 saturated carbocycles. The lowest BCUT2D eigenvalue weighted by Gasteiger charge is -2.14. The van der Waals surface area contributed by atoms with E-state index >= 15 is 0 Å². The Morgan fingerprint density at radius 1 is 0.682 bits per heavy atom. The number of ether oxygens (including phenoxy) is 2. The monoisotopic (exact) mass is 582 g/mol. The van der Waals surface area contributed by atoms with Crippen LogP contribution in [0.3, 0.4) is 0 Å². The fraction of sp³-hybridized carbons (Fsp3) is 0.0556. The van der Waals surface area contributed by atoms with E-state index in [9.17, 15) is 19.2 Å². The van der Waals surface area contributed by atoms with Crippen LogP contribution in [0.1, 0.15) is 48.4 Å². The van der Waals surface area contributed by atoms with Gasteiger partial charge in [0.2, 0.25) is 0 Å². The van der Waals surface area contributed by atoms with Crippen LogP contribution in [0.15, 0.2) is 122 Å². The summed E-state index contributed by atoms with van der Waals surface area (Å²) in [5, 5.41) is 0. The van der Waals surface area contributed by atoms with Crippen LogP contribution in [0.4, 0.5) is 5.69 Å². The number of carbonyl (C=O) groups excluding carboxylic acids is 4. The van der Waals surface area contributed by atoms with Gasteiger partial charge in [-0.1, -0.05) is 36.9 Å². The third kappa shape index (κ3) is 5.09. The molecule has 0 unspecified atom stereocenters. The first-order valence-electron chi connectivity index (χ1n) is 13.8. The molecular weight excluding hydrogens is 556 g/mol. The summed E-state index contributed by atoms with van der Waals surface area (Å²) in [6, 6.07) is 23.8. The summed E-state index contributed by atoms with van der Waals surface area (Å²) >= 11 is 0. The summed E-state index contributed by atoms with van der Waals surface area (Å²) < 4.78 is 11.6. The quantitative estimate of drug-likeness (QED) is 0.124. The van der Waals surface area contributed by atoms with Gasteiger partial charge >= 0.3 is 0 Å². The van der Waals surface area contributed by atoms with Crippen molar-refractivity contribution in [2.75, 3.05) is 11.9 Å². The summed E-state index contributed by atoms with van der Waals surface area (Å²) in [5.41, 5.74) is 3.90. The average Bonchev–Trinajstić information content (AvgIpc) is 3.41. The Morgan fingerprint density at radius 3 is 1.95 bits per heavy atom. The zero-order valence-electron chi connectivity index (χ0n) is 23.9. The first kappa shape index (κ1) is 28.1. The minimum absolute atomic E-state index is 0.258. The van der Waals surface area contributed by atoms with Crippen LogP contribution in [0.25, 0.3) is 11.1 Å². The lowest BCUT2D eigenvalue weighted by atomic mass is 9.97. The van der Waals surface area contributed by atoms with Crippen LogP contribution in [-0.4, -0.2) is 35.6 Å². The van der Waals surface area contributed by atoms with Crippen molar-refractivity contribution < 1.29 is 28.7 Å². The number of nitrogens with zero attached hydrogens (tertiary/aromatic N) is 2. The molecule has 2 heterocycles. The number of fused-ring (bicyclic) bond motifs is 2. The second-order valence-corrected chi connectivity index (χ2v) is 10.3. The number of allylic oxidation sites excluding steroid dienone is 4. The third-order valence-corrected chi connectivity index (χ3v) is 7.36. The molecule has 0 N–H and O–H groups in total. The highest BCUT2D eigenvalue weighted by Gasteiger charge is 2.37. The van der Waals surface area contributed by atoms with Crippen molar-refractivity contribution in [2.45, 2.75) is 6.92 Å². The van der Waals surface area contributed by atoms with Crippen LogP contribution in [0.5, 0.6) is 17.2 Å². The first-order chi connectivity index (χ1) is 21.2. The maximum atomic E-state index is 13.4. The van der Waals surface area contributed by atoms with Crippen LogP contribution < -0.4 is 14.4 Å². The number of hydrogen-bond donors (Lipinski definition) is 0. The highest BCUT2D eigenvalue weighted by atomic mass is 16.5. The Balaban J connectivity index is 1.18. The van der Waals surface area contributed by atoms with Crippen LogP contribution in [0.2, 0.25) is 0 Å². The van der Waals surface area contributed by atoms with Gasteiger partial charge in [-0.05, 0) is 90.4 Å². The standard InChI is InChI=1S/C36H26N2O6/c1-4-6-22(2)17-18-43-27-7-5-8-28(21-27)44-26-13-11-25(12-14-26)38-35(41)30-16-10-24(20-32(30)36(38)42)23-9-15-29-31(19-23)34(40)37(3)33(29)39/h4-21H,1H2,2-3H3/b18-17-,22-6-. The number of amides is 4. The molecule has 2 aliphatic rings. The van der Waals surface area contributed by atoms with Crippen molar-refractivity contribution in [1.82, 2.24) is 4.90 Å². The lowest BCUT2D eigenvalue weighted by Crippen LogP contribution is -2.29. The maximum absolute atomic E-state index is 13.4.